The van der Waals surface area contributed by atoms with Crippen molar-refractivity contribution >= 4 is 34.4 Å². The largest absolute Gasteiger partial charge is 0.479 e. The Morgan fingerprint density at radius 2 is 1.75 bits per heavy atom. The number of carboxylic acids is 1. The number of ether oxygens (including phenoxy) is 1. The molecule has 1 atom stereocenters. The van der Waals surface area contributed by atoms with Crippen LogP contribution in [0.25, 0.3) is 22.0 Å². The summed E-state index contributed by atoms with van der Waals surface area (Å²) in [4.78, 5) is 32.4. The number of carbonyl (C=O) groups excluding carboxylic acids is 1. The van der Waals surface area contributed by atoms with Crippen LogP contribution in [0.4, 0.5) is 4.39 Å². The molecule has 0 aliphatic carbocycles. The number of halogens is 2. The van der Waals surface area contributed by atoms with Gasteiger partial charge in [0.05, 0.1) is 16.1 Å². The molecular formula is C32H30ClFN2O4. The van der Waals surface area contributed by atoms with Gasteiger partial charge >= 0.3 is 5.97 Å². The van der Waals surface area contributed by atoms with Gasteiger partial charge in [0.1, 0.15) is 5.82 Å². The van der Waals surface area contributed by atoms with E-state index < -0.39 is 23.5 Å². The van der Waals surface area contributed by atoms with E-state index in [0.29, 0.717) is 28.2 Å². The van der Waals surface area contributed by atoms with Crippen LogP contribution < -0.4 is 0 Å². The maximum Gasteiger partial charge on any atom is 0.337 e. The van der Waals surface area contributed by atoms with Crippen molar-refractivity contribution in [3.8, 4) is 11.1 Å². The third-order valence-electron chi connectivity index (χ3n) is 7.32. The number of aliphatic carboxylic acids is 1. The highest BCUT2D eigenvalue weighted by Gasteiger charge is 2.37. The fourth-order valence-corrected chi connectivity index (χ4v) is 5.79. The van der Waals surface area contributed by atoms with Gasteiger partial charge < -0.3 is 14.7 Å². The first-order valence-electron chi connectivity index (χ1n) is 13.0. The average Bonchev–Trinajstić information content (AvgIpc) is 3.35. The van der Waals surface area contributed by atoms with Crippen molar-refractivity contribution in [1.82, 2.24) is 9.88 Å². The van der Waals surface area contributed by atoms with Crippen LogP contribution in [0.2, 0.25) is 5.02 Å². The number of hydrogen-bond donors (Lipinski definition) is 1. The summed E-state index contributed by atoms with van der Waals surface area (Å²) in [5.41, 5.74) is 5.48. The van der Waals surface area contributed by atoms with E-state index in [1.807, 2.05) is 46.8 Å². The van der Waals surface area contributed by atoms with Crippen LogP contribution in [0.5, 0.6) is 0 Å². The van der Waals surface area contributed by atoms with E-state index in [1.54, 1.807) is 29.3 Å². The Kier molecular flexibility index (Phi) is 7.15. The highest BCUT2D eigenvalue weighted by molar-refractivity contribution is 6.35. The monoisotopic (exact) mass is 560 g/mol. The van der Waals surface area contributed by atoms with Crippen molar-refractivity contribution in [2.75, 3.05) is 0 Å². The zero-order chi connectivity index (χ0) is 28.9. The van der Waals surface area contributed by atoms with Gasteiger partial charge in [-0.15, -0.1) is 0 Å². The number of nitrogens with zero attached hydrogens (tertiary/aromatic N) is 2. The predicted octanol–water partition coefficient (Wildman–Crippen LogP) is 7.41. The maximum atomic E-state index is 13.9. The van der Waals surface area contributed by atoms with Gasteiger partial charge in [0.15, 0.2) is 6.10 Å². The van der Waals surface area contributed by atoms with Crippen LogP contribution in [-0.4, -0.2) is 32.5 Å². The van der Waals surface area contributed by atoms with Crippen molar-refractivity contribution < 1.29 is 23.8 Å². The van der Waals surface area contributed by atoms with Crippen LogP contribution in [0, 0.1) is 19.7 Å². The molecule has 0 spiro atoms. The average molecular weight is 561 g/mol. The van der Waals surface area contributed by atoms with Gasteiger partial charge in [-0.05, 0) is 98.8 Å². The lowest BCUT2D eigenvalue weighted by Crippen LogP contribution is -2.28. The minimum atomic E-state index is -1.28. The van der Waals surface area contributed by atoms with Gasteiger partial charge in [0.25, 0.3) is 5.91 Å². The first-order chi connectivity index (χ1) is 18.9. The number of carboxylic acid groups (broad SMARTS) is 1. The molecule has 0 saturated heterocycles. The van der Waals surface area contributed by atoms with Crippen molar-refractivity contribution in [2.24, 2.45) is 0 Å². The number of benzene rings is 3. The summed E-state index contributed by atoms with van der Waals surface area (Å²) in [6.45, 7) is 9.84. The molecule has 1 amide bonds. The highest BCUT2D eigenvalue weighted by atomic mass is 35.5. The summed E-state index contributed by atoms with van der Waals surface area (Å²) in [5, 5.41) is 11.7. The minimum absolute atomic E-state index is 0.260. The number of carbonyl (C=O) groups is 2. The summed E-state index contributed by atoms with van der Waals surface area (Å²) < 4.78 is 20.1. The Balaban J connectivity index is 1.76. The molecule has 8 heteroatoms. The Labute approximate surface area is 237 Å². The van der Waals surface area contributed by atoms with E-state index in [-0.39, 0.29) is 18.0 Å². The van der Waals surface area contributed by atoms with E-state index >= 15 is 0 Å². The van der Waals surface area contributed by atoms with Gasteiger partial charge in [-0.25, -0.2) is 9.18 Å². The van der Waals surface area contributed by atoms with Crippen LogP contribution in [0.15, 0.2) is 54.7 Å². The second kappa shape index (κ2) is 10.3. The van der Waals surface area contributed by atoms with Gasteiger partial charge in [0.2, 0.25) is 0 Å². The summed E-state index contributed by atoms with van der Waals surface area (Å²) in [6, 6.07) is 13.0. The molecule has 1 aliphatic rings. The Morgan fingerprint density at radius 3 is 2.40 bits per heavy atom. The molecule has 0 unspecified atom stereocenters. The molecule has 2 heterocycles. The van der Waals surface area contributed by atoms with Crippen LogP contribution in [-0.2, 0) is 22.6 Å². The lowest BCUT2D eigenvalue weighted by Gasteiger charge is -2.30. The zero-order valence-electron chi connectivity index (χ0n) is 23.0. The third kappa shape index (κ3) is 4.95. The minimum Gasteiger partial charge on any atom is -0.479 e. The molecule has 0 bridgehead atoms. The summed E-state index contributed by atoms with van der Waals surface area (Å²) in [5.74, 6) is -1.89. The molecule has 0 radical (unpaired) electrons. The number of rotatable bonds is 5. The Hall–Kier alpha value is -3.81. The first kappa shape index (κ1) is 27.7. The van der Waals surface area contributed by atoms with Crippen molar-refractivity contribution in [3.63, 3.8) is 0 Å². The van der Waals surface area contributed by atoms with Gasteiger partial charge in [0, 0.05) is 41.4 Å². The quantitative estimate of drug-likeness (QED) is 0.275. The lowest BCUT2D eigenvalue weighted by molar-refractivity contribution is -0.160. The molecule has 1 N–H and O–H groups in total. The van der Waals surface area contributed by atoms with Crippen LogP contribution >= 0.6 is 11.6 Å². The number of amides is 1. The number of fused-ring (bicyclic) bond motifs is 2. The molecule has 40 heavy (non-hydrogen) atoms. The summed E-state index contributed by atoms with van der Waals surface area (Å²) in [6.07, 6.45) is 0.401. The second-order valence-electron chi connectivity index (χ2n) is 11.1. The number of pyridine rings is 1. The van der Waals surface area contributed by atoms with Gasteiger partial charge in [-0.2, -0.15) is 0 Å². The molecule has 3 aromatic carbocycles. The molecule has 0 fully saturated rings. The lowest BCUT2D eigenvalue weighted by atomic mass is 9.82. The van der Waals surface area contributed by atoms with E-state index in [1.165, 1.54) is 18.2 Å². The van der Waals surface area contributed by atoms with Crippen LogP contribution in [0.1, 0.15) is 65.1 Å². The Bertz CT molecular complexity index is 1680. The van der Waals surface area contributed by atoms with E-state index in [0.717, 1.165) is 33.2 Å². The second-order valence-corrected chi connectivity index (χ2v) is 11.5. The molecule has 5 rings (SSSR count). The normalized spacial score (nSPS) is 13.9. The smallest absolute Gasteiger partial charge is 0.337 e. The number of aromatic nitrogens is 1. The molecule has 0 saturated carbocycles. The highest BCUT2D eigenvalue weighted by Crippen LogP contribution is 2.45. The fraction of sp³-hybridized carbons (Fsp3) is 0.281. The van der Waals surface area contributed by atoms with Crippen molar-refractivity contribution in [1.29, 1.82) is 0 Å². The maximum absolute atomic E-state index is 13.9. The molecule has 206 valence electrons. The standard InChI is InChI=1S/C32H30ClFN2O4/c1-17-23-15-36(30(37)19-8-6-9-20(34)14-19)16-24(23)18(2)27(29(31(38)39)40-32(3,4)5)26(17)22-11-12-25(33)21-10-7-13-35-28(21)22/h6-14,29H,15-16H2,1-5H3,(H,38,39)/t29-/m0/s1. The van der Waals surface area contributed by atoms with E-state index in [4.69, 9.17) is 16.3 Å². The summed E-state index contributed by atoms with van der Waals surface area (Å²) in [7, 11) is 0. The molecule has 1 aromatic heterocycles. The molecule has 1 aliphatic heterocycles. The summed E-state index contributed by atoms with van der Waals surface area (Å²) >= 11 is 6.51. The molecule has 4 aromatic rings. The van der Waals surface area contributed by atoms with Gasteiger partial charge in [-0.3, -0.25) is 9.78 Å². The van der Waals surface area contributed by atoms with Gasteiger partial charge in [-0.1, -0.05) is 23.7 Å². The third-order valence-corrected chi connectivity index (χ3v) is 7.65. The molecule has 6 nitrogen and oxygen atoms in total. The van der Waals surface area contributed by atoms with Crippen molar-refractivity contribution in [2.45, 2.75) is 59.4 Å². The first-order valence-corrected chi connectivity index (χ1v) is 13.4. The topological polar surface area (TPSA) is 79.7 Å². The number of hydrogen-bond acceptors (Lipinski definition) is 4. The van der Waals surface area contributed by atoms with Crippen LogP contribution in [0.3, 0.4) is 0 Å². The molecular weight excluding hydrogens is 531 g/mol. The Morgan fingerprint density at radius 1 is 1.05 bits per heavy atom. The van der Waals surface area contributed by atoms with Crippen molar-refractivity contribution in [3.05, 3.63) is 98.9 Å². The van der Waals surface area contributed by atoms with E-state index in [2.05, 4.69) is 4.98 Å². The zero-order valence-corrected chi connectivity index (χ0v) is 23.8. The SMILES string of the molecule is Cc1c2c(c(C)c([C@H](OC(C)(C)C)C(=O)O)c1-c1ccc(Cl)c3cccnc13)CN(C(=O)c1cccc(F)c1)C2. The fourth-order valence-electron chi connectivity index (χ4n) is 5.57. The van der Waals surface area contributed by atoms with E-state index in [9.17, 15) is 19.1 Å². The predicted molar refractivity (Wildman–Crippen MR) is 153 cm³/mol.